The first-order valence-corrected chi connectivity index (χ1v) is 12.9. The molecule has 0 aliphatic carbocycles. The van der Waals surface area contributed by atoms with E-state index in [4.69, 9.17) is 5.21 Å². The highest BCUT2D eigenvalue weighted by atomic mass is 32.2. The molecule has 0 bridgehead atoms. The maximum atomic E-state index is 12.2. The molecular weight excluding hydrogens is 428 g/mol. The molecule has 2 aromatic rings. The monoisotopic (exact) mass is 460 g/mol. The third-order valence-electron chi connectivity index (χ3n) is 5.99. The van der Waals surface area contributed by atoms with E-state index in [1.165, 1.54) is 22.0 Å². The van der Waals surface area contributed by atoms with Crippen LogP contribution >= 0.6 is 0 Å². The Morgan fingerprint density at radius 3 is 2.56 bits per heavy atom. The molecule has 1 amide bonds. The number of nitrogens with one attached hydrogen (secondary N) is 1. The second-order valence-corrected chi connectivity index (χ2v) is 9.92. The quantitative estimate of drug-likeness (QED) is 0.339. The van der Waals surface area contributed by atoms with E-state index in [9.17, 15) is 13.2 Å². The van der Waals surface area contributed by atoms with Crippen LogP contribution < -0.4 is 5.48 Å². The maximum absolute atomic E-state index is 12.2. The average molecular weight is 461 g/mol. The number of hydrogen-bond donors (Lipinski definition) is 2. The summed E-state index contributed by atoms with van der Waals surface area (Å²) in [5, 5.41) is 13.0. The Morgan fingerprint density at radius 2 is 1.97 bits per heavy atom. The maximum Gasteiger partial charge on any atom is 0.267 e. The Bertz CT molecular complexity index is 1070. The molecule has 1 aromatic carbocycles. The van der Waals surface area contributed by atoms with Gasteiger partial charge in [0.25, 0.3) is 15.9 Å². The van der Waals surface area contributed by atoms with Gasteiger partial charge < -0.3 is 0 Å². The molecule has 1 aliphatic heterocycles. The van der Waals surface area contributed by atoms with Gasteiger partial charge in [-0.05, 0) is 61.4 Å². The first-order chi connectivity index (χ1) is 15.3. The fraction of sp³-hybridized carbons (Fsp3) is 0.478. The molecule has 0 spiro atoms. The zero-order chi connectivity index (χ0) is 23.3. The summed E-state index contributed by atoms with van der Waals surface area (Å²) in [5.41, 5.74) is 6.41. The summed E-state index contributed by atoms with van der Waals surface area (Å²) in [7, 11) is -3.42. The summed E-state index contributed by atoms with van der Waals surface area (Å²) >= 11 is 0. The lowest BCUT2D eigenvalue weighted by atomic mass is 10.0. The molecule has 1 fully saturated rings. The Kier molecular flexibility index (Phi) is 7.86. The molecule has 9 heteroatoms. The molecule has 174 valence electrons. The number of carbonyl (C=O) groups is 1. The molecule has 1 saturated heterocycles. The van der Waals surface area contributed by atoms with E-state index in [-0.39, 0.29) is 0 Å². The number of aryl methyl sites for hydroxylation is 1. The van der Waals surface area contributed by atoms with Crippen LogP contribution in [0.15, 0.2) is 30.3 Å². The minimum atomic E-state index is -3.42. The normalized spacial score (nSPS) is 17.3. The number of rotatable bonds is 9. The van der Waals surface area contributed by atoms with Gasteiger partial charge in [0.1, 0.15) is 0 Å². The lowest BCUT2D eigenvalue weighted by molar-refractivity contribution is -0.124. The highest BCUT2D eigenvalue weighted by Crippen LogP contribution is 2.32. The van der Waals surface area contributed by atoms with Crippen LogP contribution in [0.4, 0.5) is 0 Å². The van der Waals surface area contributed by atoms with Gasteiger partial charge in [-0.1, -0.05) is 38.1 Å². The molecule has 1 aromatic heterocycles. The predicted octanol–water partition coefficient (Wildman–Crippen LogP) is 2.71. The number of benzene rings is 1. The zero-order valence-electron chi connectivity index (χ0n) is 18.9. The summed E-state index contributed by atoms with van der Waals surface area (Å²) in [5.74, 6) is -0.562. The van der Waals surface area contributed by atoms with E-state index in [1.54, 1.807) is 11.6 Å². The van der Waals surface area contributed by atoms with Crippen LogP contribution in [-0.4, -0.2) is 53.0 Å². The molecule has 2 heterocycles. The van der Waals surface area contributed by atoms with Crippen molar-refractivity contribution < 1.29 is 18.4 Å². The lowest BCUT2D eigenvalue weighted by Gasteiger charge is -2.25. The van der Waals surface area contributed by atoms with E-state index < -0.39 is 15.9 Å². The molecule has 0 radical (unpaired) electrons. The molecule has 1 unspecified atom stereocenters. The Balaban J connectivity index is 1.74. The first kappa shape index (κ1) is 24.2. The predicted molar refractivity (Wildman–Crippen MR) is 124 cm³/mol. The number of amides is 1. The van der Waals surface area contributed by atoms with Gasteiger partial charge in [-0.25, -0.2) is 13.9 Å². The first-order valence-electron chi connectivity index (χ1n) is 11.0. The van der Waals surface area contributed by atoms with Gasteiger partial charge in [0.05, 0.1) is 17.6 Å². The zero-order valence-corrected chi connectivity index (χ0v) is 19.7. The Morgan fingerprint density at radius 1 is 1.25 bits per heavy atom. The molecular formula is C23H32N4O4S. The minimum absolute atomic E-state index is 0.314. The van der Waals surface area contributed by atoms with E-state index in [0.29, 0.717) is 18.9 Å². The largest absolute Gasteiger partial charge is 0.296 e. The second kappa shape index (κ2) is 10.4. The molecule has 1 atom stereocenters. The SMILES string of the molecule is CCc1nn(S(C)(=O)=O)c(CC)c1CCN1CCCC1c1ccc(C=CC(=O)NO)cc1. The van der Waals surface area contributed by atoms with Gasteiger partial charge in [0, 0.05) is 18.7 Å². The van der Waals surface area contributed by atoms with E-state index in [1.807, 2.05) is 26.0 Å². The van der Waals surface area contributed by atoms with Crippen molar-refractivity contribution in [3.63, 3.8) is 0 Å². The number of nitrogens with zero attached hydrogens (tertiary/aromatic N) is 3. The van der Waals surface area contributed by atoms with Gasteiger partial charge in [-0.2, -0.15) is 9.19 Å². The van der Waals surface area contributed by atoms with Gasteiger partial charge in [-0.15, -0.1) is 0 Å². The van der Waals surface area contributed by atoms with Gasteiger partial charge in [-0.3, -0.25) is 14.9 Å². The van der Waals surface area contributed by atoms with Crippen LogP contribution in [0.1, 0.15) is 60.8 Å². The summed E-state index contributed by atoms with van der Waals surface area (Å²) in [6.07, 6.45) is 8.44. The third-order valence-corrected chi connectivity index (χ3v) is 6.92. The van der Waals surface area contributed by atoms with Crippen molar-refractivity contribution in [1.82, 2.24) is 19.6 Å². The van der Waals surface area contributed by atoms with Crippen LogP contribution in [0.25, 0.3) is 6.08 Å². The van der Waals surface area contributed by atoms with Crippen molar-refractivity contribution >= 4 is 22.0 Å². The Labute approximate surface area is 189 Å². The van der Waals surface area contributed by atoms with Crippen molar-refractivity contribution in [1.29, 1.82) is 0 Å². The van der Waals surface area contributed by atoms with Gasteiger partial charge in [0.2, 0.25) is 0 Å². The minimum Gasteiger partial charge on any atom is -0.296 e. The number of likely N-dealkylation sites (tertiary alicyclic amines) is 1. The van der Waals surface area contributed by atoms with E-state index in [0.717, 1.165) is 54.9 Å². The fourth-order valence-electron chi connectivity index (χ4n) is 4.47. The number of carbonyl (C=O) groups excluding carboxylic acids is 1. The van der Waals surface area contributed by atoms with E-state index in [2.05, 4.69) is 22.1 Å². The van der Waals surface area contributed by atoms with Crippen LogP contribution in [-0.2, 0) is 34.1 Å². The van der Waals surface area contributed by atoms with Crippen LogP contribution in [0.3, 0.4) is 0 Å². The van der Waals surface area contributed by atoms with Crippen LogP contribution in [0, 0.1) is 0 Å². The summed E-state index contributed by atoms with van der Waals surface area (Å²) < 4.78 is 25.6. The third kappa shape index (κ3) is 5.46. The average Bonchev–Trinajstić information content (AvgIpc) is 3.40. The van der Waals surface area contributed by atoms with Crippen LogP contribution in [0.5, 0.6) is 0 Å². The highest BCUT2D eigenvalue weighted by Gasteiger charge is 2.27. The van der Waals surface area contributed by atoms with E-state index >= 15 is 0 Å². The molecule has 8 nitrogen and oxygen atoms in total. The number of hydroxylamine groups is 1. The molecule has 1 aliphatic rings. The highest BCUT2D eigenvalue weighted by molar-refractivity contribution is 7.89. The van der Waals surface area contributed by atoms with Crippen molar-refractivity contribution in [2.45, 2.75) is 52.0 Å². The molecule has 2 N–H and O–H groups in total. The summed E-state index contributed by atoms with van der Waals surface area (Å²) in [6, 6.07) is 8.40. The summed E-state index contributed by atoms with van der Waals surface area (Å²) in [6.45, 7) is 5.84. The van der Waals surface area contributed by atoms with Gasteiger partial charge in [0.15, 0.2) is 0 Å². The molecule has 0 saturated carbocycles. The smallest absolute Gasteiger partial charge is 0.267 e. The van der Waals surface area contributed by atoms with Crippen molar-refractivity contribution in [3.8, 4) is 0 Å². The van der Waals surface area contributed by atoms with Crippen molar-refractivity contribution in [2.75, 3.05) is 19.3 Å². The van der Waals surface area contributed by atoms with Crippen LogP contribution in [0.2, 0.25) is 0 Å². The molecule has 3 rings (SSSR count). The fourth-order valence-corrected chi connectivity index (χ4v) is 5.36. The lowest BCUT2D eigenvalue weighted by Crippen LogP contribution is -2.26. The summed E-state index contributed by atoms with van der Waals surface area (Å²) in [4.78, 5) is 13.6. The number of hydrogen-bond acceptors (Lipinski definition) is 6. The van der Waals surface area contributed by atoms with Gasteiger partial charge >= 0.3 is 0 Å². The van der Waals surface area contributed by atoms with Crippen molar-refractivity contribution in [2.24, 2.45) is 0 Å². The topological polar surface area (TPSA) is 105 Å². The molecule has 32 heavy (non-hydrogen) atoms. The number of aromatic nitrogens is 2. The standard InChI is InChI=1S/C23H32N4O4S/c1-4-20-19(21(5-2)27(24-20)32(3,30)31)14-16-26-15-6-7-22(26)18-11-8-17(9-12-18)10-13-23(28)25-29/h8-13,22,29H,4-7,14-16H2,1-3H3,(H,25,28). The second-order valence-electron chi connectivity index (χ2n) is 8.11. The Hall–Kier alpha value is -2.49. The van der Waals surface area contributed by atoms with Crippen molar-refractivity contribution in [3.05, 3.63) is 58.4 Å².